The van der Waals surface area contributed by atoms with Gasteiger partial charge in [-0.2, -0.15) is 13.2 Å². The molecule has 2 rings (SSSR count). The van der Waals surface area contributed by atoms with Crippen LogP contribution in [0.2, 0.25) is 0 Å². The minimum atomic E-state index is -4.66. The quantitative estimate of drug-likeness (QED) is 0.252. The zero-order valence-electron chi connectivity index (χ0n) is 14.9. The van der Waals surface area contributed by atoms with Crippen molar-refractivity contribution in [2.45, 2.75) is 19.0 Å². The molecule has 0 aliphatic carbocycles. The van der Waals surface area contributed by atoms with Crippen molar-refractivity contribution in [3.8, 4) is 0 Å². The third-order valence-corrected chi connectivity index (χ3v) is 4.03. The molecule has 1 aromatic heterocycles. The van der Waals surface area contributed by atoms with Gasteiger partial charge in [0.2, 0.25) is 0 Å². The zero-order valence-corrected chi connectivity index (χ0v) is 14.9. The van der Waals surface area contributed by atoms with E-state index in [4.69, 9.17) is 9.94 Å². The van der Waals surface area contributed by atoms with E-state index in [1.807, 2.05) is 0 Å². The number of aromatic nitrogens is 1. The summed E-state index contributed by atoms with van der Waals surface area (Å²) in [4.78, 5) is 15.4. The van der Waals surface area contributed by atoms with Gasteiger partial charge in [0.15, 0.2) is 0 Å². The van der Waals surface area contributed by atoms with E-state index < -0.39 is 23.8 Å². The molecular weight excluding hydrogens is 377 g/mol. The van der Waals surface area contributed by atoms with Gasteiger partial charge < -0.3 is 15.1 Å². The van der Waals surface area contributed by atoms with Crippen molar-refractivity contribution >= 4 is 17.8 Å². The Morgan fingerprint density at radius 3 is 2.46 bits per heavy atom. The highest BCUT2D eigenvalue weighted by molar-refractivity contribution is 6.16. The second-order valence-corrected chi connectivity index (χ2v) is 5.72. The zero-order chi connectivity index (χ0) is 20.9. The molecule has 28 heavy (non-hydrogen) atoms. The fraction of sp³-hybridized carbons (Fsp3) is 0.211. The van der Waals surface area contributed by atoms with Crippen LogP contribution in [0.4, 0.5) is 13.2 Å². The van der Waals surface area contributed by atoms with Gasteiger partial charge in [-0.25, -0.2) is 9.78 Å². The summed E-state index contributed by atoms with van der Waals surface area (Å²) in [5, 5.41) is 21.6. The van der Waals surface area contributed by atoms with Gasteiger partial charge in [0.05, 0.1) is 24.9 Å². The molecular formula is C19H17F3N2O4. The largest absolute Gasteiger partial charge is 0.500 e. The van der Waals surface area contributed by atoms with Gasteiger partial charge in [0.1, 0.15) is 17.0 Å². The van der Waals surface area contributed by atoms with E-state index >= 15 is 0 Å². The molecule has 0 radical (unpaired) electrons. The number of carboxylic acid groups (broad SMARTS) is 1. The summed E-state index contributed by atoms with van der Waals surface area (Å²) in [6, 6.07) is 9.53. The molecule has 0 amide bonds. The van der Waals surface area contributed by atoms with Gasteiger partial charge >= 0.3 is 12.1 Å². The average molecular weight is 394 g/mol. The Morgan fingerprint density at radius 2 is 1.89 bits per heavy atom. The number of hydrogen-bond acceptors (Lipinski definition) is 5. The fourth-order valence-corrected chi connectivity index (χ4v) is 2.72. The monoisotopic (exact) mass is 394 g/mol. The summed E-state index contributed by atoms with van der Waals surface area (Å²) in [7, 11) is 1.31. The first kappa shape index (κ1) is 20.9. The number of nitrogens with zero attached hydrogens (tertiary/aromatic N) is 2. The normalized spacial score (nSPS) is 13.9. The Hall–Kier alpha value is -3.36. The number of aliphatic carboxylic acids is 1. The molecule has 0 aliphatic heterocycles. The van der Waals surface area contributed by atoms with E-state index in [-0.39, 0.29) is 22.6 Å². The number of oxime groups is 1. The predicted octanol–water partition coefficient (Wildman–Crippen LogP) is 4.15. The number of carbonyl (C=O) groups is 1. The molecule has 2 aromatic rings. The molecule has 1 heterocycles. The van der Waals surface area contributed by atoms with E-state index in [2.05, 4.69) is 10.1 Å². The van der Waals surface area contributed by atoms with Gasteiger partial charge in [-0.05, 0) is 30.2 Å². The number of methoxy groups -OCH3 is 1. The highest BCUT2D eigenvalue weighted by atomic mass is 19.4. The number of benzene rings is 1. The maximum Gasteiger partial charge on any atom is 0.433 e. The first-order valence-corrected chi connectivity index (χ1v) is 7.99. The van der Waals surface area contributed by atoms with Crippen LogP contribution in [-0.2, 0) is 15.7 Å². The smallest absolute Gasteiger partial charge is 0.433 e. The van der Waals surface area contributed by atoms with E-state index in [1.54, 1.807) is 12.1 Å². The topological polar surface area (TPSA) is 92.0 Å². The minimum Gasteiger partial charge on any atom is -0.500 e. The van der Waals surface area contributed by atoms with E-state index in [1.165, 1.54) is 38.3 Å². The Kier molecular flexibility index (Phi) is 6.40. The van der Waals surface area contributed by atoms with Crippen LogP contribution in [0.5, 0.6) is 0 Å². The van der Waals surface area contributed by atoms with Crippen LogP contribution in [0.25, 0.3) is 5.57 Å². The molecule has 1 aromatic carbocycles. The molecule has 1 atom stereocenters. The fourth-order valence-electron chi connectivity index (χ4n) is 2.72. The lowest BCUT2D eigenvalue weighted by Gasteiger charge is -2.18. The maximum atomic E-state index is 13.0. The number of carboxylic acids is 1. The molecule has 0 aliphatic rings. The number of halogens is 3. The summed E-state index contributed by atoms with van der Waals surface area (Å²) >= 11 is 0. The molecule has 0 bridgehead atoms. The lowest BCUT2D eigenvalue weighted by molar-refractivity contribution is -0.141. The number of ether oxygens (including phenoxy) is 1. The second-order valence-electron chi connectivity index (χ2n) is 5.72. The van der Waals surface area contributed by atoms with Gasteiger partial charge in [0.25, 0.3) is 0 Å². The molecule has 2 N–H and O–H groups in total. The highest BCUT2D eigenvalue weighted by Crippen LogP contribution is 2.33. The number of alkyl halides is 3. The van der Waals surface area contributed by atoms with E-state index in [0.717, 1.165) is 12.3 Å². The lowest BCUT2D eigenvalue weighted by Crippen LogP contribution is -2.15. The van der Waals surface area contributed by atoms with E-state index in [0.29, 0.717) is 5.56 Å². The van der Waals surface area contributed by atoms with Crippen LogP contribution in [0.15, 0.2) is 53.4 Å². The van der Waals surface area contributed by atoms with Crippen molar-refractivity contribution in [3.63, 3.8) is 0 Å². The summed E-state index contributed by atoms with van der Waals surface area (Å²) in [6.45, 7) is 1.46. The molecule has 0 spiro atoms. The standard InChI is InChI=1S/C19H17F3N2O4/c1-11(28-2)17(18(25)26)13-7-4-3-6-12(13)14(10-23-27)15-8-5-9-16(24-15)19(20,21)22/h3-10,14,27H,1-2H3,(H,25,26)/b17-11+,23-10?. The Labute approximate surface area is 158 Å². The Balaban J connectivity index is 2.72. The number of rotatable bonds is 6. The third kappa shape index (κ3) is 4.48. The number of hydrogen-bond donors (Lipinski definition) is 2. The Morgan fingerprint density at radius 1 is 1.21 bits per heavy atom. The van der Waals surface area contributed by atoms with Crippen molar-refractivity contribution in [2.24, 2.45) is 5.16 Å². The molecule has 0 fully saturated rings. The molecule has 0 saturated heterocycles. The van der Waals surface area contributed by atoms with Crippen LogP contribution >= 0.6 is 0 Å². The minimum absolute atomic E-state index is 0.0557. The van der Waals surface area contributed by atoms with Crippen molar-refractivity contribution in [3.05, 3.63) is 70.7 Å². The summed E-state index contributed by atoms with van der Waals surface area (Å²) in [5.74, 6) is -2.19. The summed E-state index contributed by atoms with van der Waals surface area (Å²) < 4.78 is 44.2. The number of pyridine rings is 1. The second kappa shape index (κ2) is 8.55. The molecule has 6 nitrogen and oxygen atoms in total. The number of allylic oxidation sites excluding steroid dienone is 1. The molecule has 148 valence electrons. The maximum absolute atomic E-state index is 13.0. The van der Waals surface area contributed by atoms with E-state index in [9.17, 15) is 23.1 Å². The van der Waals surface area contributed by atoms with Crippen molar-refractivity contribution in [1.82, 2.24) is 4.98 Å². The van der Waals surface area contributed by atoms with Gasteiger partial charge in [-0.1, -0.05) is 30.3 Å². The molecule has 1 unspecified atom stereocenters. The van der Waals surface area contributed by atoms with Gasteiger partial charge in [0, 0.05) is 0 Å². The molecule has 0 saturated carbocycles. The van der Waals surface area contributed by atoms with Crippen LogP contribution in [-0.4, -0.2) is 34.6 Å². The van der Waals surface area contributed by atoms with Crippen LogP contribution < -0.4 is 0 Å². The van der Waals surface area contributed by atoms with Crippen molar-refractivity contribution in [1.29, 1.82) is 0 Å². The van der Waals surface area contributed by atoms with Crippen molar-refractivity contribution in [2.75, 3.05) is 7.11 Å². The first-order valence-electron chi connectivity index (χ1n) is 7.99. The Bertz CT molecular complexity index is 923. The SMILES string of the molecule is CO/C(C)=C(/C(=O)O)c1ccccc1C(C=NO)c1cccc(C(F)(F)F)n1. The summed E-state index contributed by atoms with van der Waals surface area (Å²) in [6.07, 6.45) is -3.67. The summed E-state index contributed by atoms with van der Waals surface area (Å²) in [5.41, 5.74) is -0.832. The lowest BCUT2D eigenvalue weighted by atomic mass is 9.88. The first-order chi connectivity index (χ1) is 13.2. The van der Waals surface area contributed by atoms with Gasteiger partial charge in [-0.3, -0.25) is 0 Å². The molecule has 9 heteroatoms. The average Bonchev–Trinajstić information content (AvgIpc) is 2.66. The van der Waals surface area contributed by atoms with Crippen LogP contribution in [0, 0.1) is 0 Å². The third-order valence-electron chi connectivity index (χ3n) is 4.03. The van der Waals surface area contributed by atoms with Crippen LogP contribution in [0.3, 0.4) is 0 Å². The predicted molar refractivity (Wildman–Crippen MR) is 95.0 cm³/mol. The van der Waals surface area contributed by atoms with Crippen LogP contribution in [0.1, 0.15) is 35.4 Å². The highest BCUT2D eigenvalue weighted by Gasteiger charge is 2.33. The van der Waals surface area contributed by atoms with Gasteiger partial charge in [-0.15, -0.1) is 5.16 Å². The van der Waals surface area contributed by atoms with Crippen molar-refractivity contribution < 1.29 is 33.0 Å².